The van der Waals surface area contributed by atoms with Gasteiger partial charge in [0.05, 0.1) is 11.0 Å². The Morgan fingerprint density at radius 1 is 1.46 bits per heavy atom. The van der Waals surface area contributed by atoms with Crippen LogP contribution < -0.4 is 4.74 Å². The number of nitrogens with one attached hydrogen (secondary N) is 1. The predicted molar refractivity (Wildman–Crippen MR) is 47.4 cm³/mol. The number of carbonyl (C=O) groups excluding carboxylic acids is 1. The highest BCUT2D eigenvalue weighted by atomic mass is 16.5. The quantitative estimate of drug-likeness (QED) is 0.669. The molecule has 4 nitrogen and oxygen atoms in total. The van der Waals surface area contributed by atoms with Crippen molar-refractivity contribution in [3.05, 3.63) is 24.3 Å². The normalized spacial score (nSPS) is 10.2. The molecular formula is C9H8N2O2. The van der Waals surface area contributed by atoms with Crippen molar-refractivity contribution >= 4 is 17.0 Å². The van der Waals surface area contributed by atoms with Crippen LogP contribution in [0.4, 0.5) is 0 Å². The number of benzene rings is 1. The molecule has 1 heterocycles. The van der Waals surface area contributed by atoms with Crippen LogP contribution in [0.15, 0.2) is 24.3 Å². The molecule has 0 unspecified atom stereocenters. The Morgan fingerprint density at radius 3 is 2.92 bits per heavy atom. The minimum atomic E-state index is -0.376. The number of nitrogens with zero attached hydrogens (tertiary/aromatic N) is 1. The first-order valence-electron chi connectivity index (χ1n) is 3.89. The number of carbonyl (C=O) groups is 1. The highest BCUT2D eigenvalue weighted by Crippen LogP contribution is 2.14. The minimum Gasteiger partial charge on any atom is -0.392 e. The summed E-state index contributed by atoms with van der Waals surface area (Å²) in [5.41, 5.74) is 1.65. The number of esters is 1. The third kappa shape index (κ3) is 1.51. The molecule has 2 aromatic rings. The van der Waals surface area contributed by atoms with Crippen molar-refractivity contribution in [2.45, 2.75) is 6.92 Å². The fourth-order valence-corrected chi connectivity index (χ4v) is 1.11. The van der Waals surface area contributed by atoms with Gasteiger partial charge in [-0.3, -0.25) is 4.79 Å². The first-order valence-corrected chi connectivity index (χ1v) is 3.89. The van der Waals surface area contributed by atoms with Gasteiger partial charge < -0.3 is 9.72 Å². The van der Waals surface area contributed by atoms with E-state index in [9.17, 15) is 4.79 Å². The number of aromatic amines is 1. The van der Waals surface area contributed by atoms with Crippen LogP contribution in [0.1, 0.15) is 6.92 Å². The summed E-state index contributed by atoms with van der Waals surface area (Å²) < 4.78 is 4.79. The lowest BCUT2D eigenvalue weighted by Crippen LogP contribution is -2.02. The molecule has 0 aliphatic heterocycles. The second kappa shape index (κ2) is 2.90. The molecule has 13 heavy (non-hydrogen) atoms. The van der Waals surface area contributed by atoms with E-state index >= 15 is 0 Å². The number of imidazole rings is 1. The van der Waals surface area contributed by atoms with Crippen molar-refractivity contribution in [1.82, 2.24) is 9.97 Å². The zero-order valence-electron chi connectivity index (χ0n) is 7.07. The van der Waals surface area contributed by atoms with Crippen LogP contribution in [0, 0.1) is 0 Å². The molecule has 0 atom stereocenters. The van der Waals surface area contributed by atoms with Gasteiger partial charge >= 0.3 is 12.0 Å². The maximum atomic E-state index is 10.6. The molecule has 0 saturated heterocycles. The van der Waals surface area contributed by atoms with Gasteiger partial charge in [-0.15, -0.1) is 0 Å². The van der Waals surface area contributed by atoms with Crippen LogP contribution in [0.2, 0.25) is 0 Å². The Bertz CT molecular complexity index is 415. The average molecular weight is 176 g/mol. The topological polar surface area (TPSA) is 55.0 Å². The second-order valence-electron chi connectivity index (χ2n) is 2.65. The molecule has 4 heteroatoms. The summed E-state index contributed by atoms with van der Waals surface area (Å²) in [4.78, 5) is 17.5. The van der Waals surface area contributed by atoms with E-state index in [1.165, 1.54) is 6.92 Å². The van der Waals surface area contributed by atoms with E-state index in [1.807, 2.05) is 24.3 Å². The van der Waals surface area contributed by atoms with E-state index in [0.717, 1.165) is 11.0 Å². The molecule has 1 N–H and O–H groups in total. The molecule has 0 fully saturated rings. The van der Waals surface area contributed by atoms with E-state index < -0.39 is 0 Å². The molecule has 0 radical (unpaired) electrons. The van der Waals surface area contributed by atoms with E-state index in [0.29, 0.717) is 0 Å². The molecule has 1 aromatic heterocycles. The van der Waals surface area contributed by atoms with Gasteiger partial charge in [-0.25, -0.2) is 0 Å². The molecule has 2 rings (SSSR count). The Kier molecular flexibility index (Phi) is 1.73. The first-order chi connectivity index (χ1) is 6.25. The lowest BCUT2D eigenvalue weighted by molar-refractivity contribution is -0.132. The second-order valence-corrected chi connectivity index (χ2v) is 2.65. The van der Waals surface area contributed by atoms with Crippen LogP contribution in [0.25, 0.3) is 11.0 Å². The highest BCUT2D eigenvalue weighted by Gasteiger charge is 2.03. The third-order valence-corrected chi connectivity index (χ3v) is 1.61. The van der Waals surface area contributed by atoms with Gasteiger partial charge in [0.15, 0.2) is 0 Å². The number of H-pyrrole nitrogens is 1. The number of hydrogen-bond acceptors (Lipinski definition) is 3. The van der Waals surface area contributed by atoms with Crippen LogP contribution in [-0.4, -0.2) is 15.9 Å². The molecule has 66 valence electrons. The summed E-state index contributed by atoms with van der Waals surface area (Å²) in [6, 6.07) is 7.72. The first kappa shape index (κ1) is 7.79. The largest absolute Gasteiger partial charge is 0.392 e. The van der Waals surface area contributed by atoms with Gasteiger partial charge in [0.1, 0.15) is 0 Å². The lowest BCUT2D eigenvalue weighted by Gasteiger charge is -1.91. The number of rotatable bonds is 1. The maximum Gasteiger partial charge on any atom is 0.310 e. The molecule has 0 bridgehead atoms. The summed E-state index contributed by atoms with van der Waals surface area (Å²) in [5.74, 6) is -0.376. The number of hydrogen-bond donors (Lipinski definition) is 1. The summed E-state index contributed by atoms with van der Waals surface area (Å²) >= 11 is 0. The monoisotopic (exact) mass is 176 g/mol. The SMILES string of the molecule is CC(=O)Oc1nc2ccccc2[nH]1. The molecule has 0 amide bonds. The average Bonchev–Trinajstić information content (AvgIpc) is 2.44. The summed E-state index contributed by atoms with van der Waals surface area (Å²) in [5, 5.41) is 0. The molecule has 0 aliphatic rings. The van der Waals surface area contributed by atoms with Crippen molar-refractivity contribution in [2.24, 2.45) is 0 Å². The van der Waals surface area contributed by atoms with Crippen LogP contribution in [-0.2, 0) is 4.79 Å². The number of fused-ring (bicyclic) bond motifs is 1. The Labute approximate surface area is 74.5 Å². The van der Waals surface area contributed by atoms with Crippen LogP contribution in [0.5, 0.6) is 6.01 Å². The van der Waals surface area contributed by atoms with E-state index in [1.54, 1.807) is 0 Å². The molecular weight excluding hydrogens is 168 g/mol. The Hall–Kier alpha value is -1.84. The van der Waals surface area contributed by atoms with Gasteiger partial charge in [0.2, 0.25) is 0 Å². The van der Waals surface area contributed by atoms with Gasteiger partial charge in [0.25, 0.3) is 0 Å². The Balaban J connectivity index is 2.44. The number of aromatic nitrogens is 2. The fourth-order valence-electron chi connectivity index (χ4n) is 1.11. The highest BCUT2D eigenvalue weighted by molar-refractivity contribution is 5.76. The summed E-state index contributed by atoms with van der Waals surface area (Å²) in [7, 11) is 0. The van der Waals surface area contributed by atoms with E-state index in [2.05, 4.69) is 9.97 Å². The van der Waals surface area contributed by atoms with Crippen molar-refractivity contribution in [3.8, 4) is 6.01 Å². The molecule has 0 spiro atoms. The van der Waals surface area contributed by atoms with Crippen molar-refractivity contribution < 1.29 is 9.53 Å². The minimum absolute atomic E-state index is 0.244. The van der Waals surface area contributed by atoms with E-state index in [4.69, 9.17) is 4.74 Å². The predicted octanol–water partition coefficient (Wildman–Crippen LogP) is 1.49. The third-order valence-electron chi connectivity index (χ3n) is 1.61. The summed E-state index contributed by atoms with van der Waals surface area (Å²) in [6.07, 6.45) is 0. The van der Waals surface area contributed by atoms with Gasteiger partial charge in [-0.1, -0.05) is 12.1 Å². The molecule has 0 saturated carbocycles. The van der Waals surface area contributed by atoms with Gasteiger partial charge in [-0.2, -0.15) is 4.98 Å². The van der Waals surface area contributed by atoms with Crippen LogP contribution >= 0.6 is 0 Å². The van der Waals surface area contributed by atoms with Crippen molar-refractivity contribution in [1.29, 1.82) is 0 Å². The van der Waals surface area contributed by atoms with Crippen molar-refractivity contribution in [2.75, 3.05) is 0 Å². The van der Waals surface area contributed by atoms with Crippen LogP contribution in [0.3, 0.4) is 0 Å². The standard InChI is InChI=1S/C9H8N2O2/c1-6(12)13-9-10-7-4-2-3-5-8(7)11-9/h2-5H,1H3,(H,10,11). The maximum absolute atomic E-state index is 10.6. The van der Waals surface area contributed by atoms with Gasteiger partial charge in [-0.05, 0) is 12.1 Å². The fraction of sp³-hybridized carbons (Fsp3) is 0.111. The van der Waals surface area contributed by atoms with E-state index in [-0.39, 0.29) is 12.0 Å². The molecule has 1 aromatic carbocycles. The zero-order chi connectivity index (χ0) is 9.26. The van der Waals surface area contributed by atoms with Gasteiger partial charge in [0, 0.05) is 6.92 Å². The number of ether oxygens (including phenoxy) is 1. The van der Waals surface area contributed by atoms with Crippen molar-refractivity contribution in [3.63, 3.8) is 0 Å². The molecule has 0 aliphatic carbocycles. The number of para-hydroxylation sites is 2. The zero-order valence-corrected chi connectivity index (χ0v) is 7.07. The Morgan fingerprint density at radius 2 is 2.23 bits per heavy atom. The lowest BCUT2D eigenvalue weighted by atomic mass is 10.3. The summed E-state index contributed by atoms with van der Waals surface area (Å²) in [6.45, 7) is 1.34. The smallest absolute Gasteiger partial charge is 0.310 e.